The van der Waals surface area contributed by atoms with Crippen LogP contribution in [-0.4, -0.2) is 17.9 Å². The van der Waals surface area contributed by atoms with Gasteiger partial charge in [0.2, 0.25) is 0 Å². The zero-order valence-corrected chi connectivity index (χ0v) is 13.0. The number of carbonyl (C=O) groups excluding carboxylic acids is 1. The van der Waals surface area contributed by atoms with Crippen LogP contribution in [0.15, 0.2) is 48.7 Å². The molecule has 0 saturated carbocycles. The molecule has 1 aromatic heterocycles. The van der Waals surface area contributed by atoms with Gasteiger partial charge in [-0.25, -0.2) is 0 Å². The maximum absolute atomic E-state index is 12.6. The van der Waals surface area contributed by atoms with E-state index in [1.54, 1.807) is 13.3 Å². The fraction of sp³-hybridized carbons (Fsp3) is 0.0625. The minimum Gasteiger partial charge on any atom is -0.497 e. The number of halogens is 1. The highest BCUT2D eigenvalue weighted by atomic mass is 127. The van der Waals surface area contributed by atoms with Crippen LogP contribution in [0, 0.1) is 3.57 Å². The molecule has 0 spiro atoms. The van der Waals surface area contributed by atoms with Gasteiger partial charge in [-0.1, -0.05) is 0 Å². The predicted octanol–water partition coefficient (Wildman–Crippen LogP) is 4.01. The highest BCUT2D eigenvalue weighted by Crippen LogP contribution is 2.25. The van der Waals surface area contributed by atoms with Crippen LogP contribution < -0.4 is 4.74 Å². The van der Waals surface area contributed by atoms with Crippen LogP contribution in [0.4, 0.5) is 0 Å². The first-order valence-electron chi connectivity index (χ1n) is 6.14. The monoisotopic (exact) mass is 377 g/mol. The van der Waals surface area contributed by atoms with Crippen molar-refractivity contribution in [3.8, 4) is 5.75 Å². The third-order valence-corrected chi connectivity index (χ3v) is 3.96. The smallest absolute Gasteiger partial charge is 0.195 e. The van der Waals surface area contributed by atoms with E-state index >= 15 is 0 Å². The molecule has 0 bridgehead atoms. The molecule has 3 nitrogen and oxygen atoms in total. The first-order chi connectivity index (χ1) is 9.69. The molecule has 1 N–H and O–H groups in total. The number of carbonyl (C=O) groups is 1. The van der Waals surface area contributed by atoms with Gasteiger partial charge in [0.1, 0.15) is 5.75 Å². The molecule has 0 unspecified atom stereocenters. The van der Waals surface area contributed by atoms with Crippen molar-refractivity contribution >= 4 is 39.3 Å². The summed E-state index contributed by atoms with van der Waals surface area (Å²) in [7, 11) is 1.62. The van der Waals surface area contributed by atoms with Gasteiger partial charge >= 0.3 is 0 Å². The Morgan fingerprint density at radius 2 is 1.90 bits per heavy atom. The van der Waals surface area contributed by atoms with E-state index in [4.69, 9.17) is 4.74 Å². The summed E-state index contributed by atoms with van der Waals surface area (Å²) < 4.78 is 6.33. The number of hydrogen-bond acceptors (Lipinski definition) is 2. The van der Waals surface area contributed by atoms with Gasteiger partial charge in [0.05, 0.1) is 7.11 Å². The van der Waals surface area contributed by atoms with Crippen LogP contribution in [0.1, 0.15) is 15.9 Å². The number of aromatic amines is 1. The average Bonchev–Trinajstić information content (AvgIpc) is 2.90. The number of nitrogens with one attached hydrogen (secondary N) is 1. The van der Waals surface area contributed by atoms with Gasteiger partial charge in [-0.15, -0.1) is 0 Å². The van der Waals surface area contributed by atoms with E-state index in [0.29, 0.717) is 11.1 Å². The molecule has 3 rings (SSSR count). The summed E-state index contributed by atoms with van der Waals surface area (Å²) in [6, 6.07) is 13.2. The molecule has 0 aliphatic carbocycles. The van der Waals surface area contributed by atoms with Crippen LogP contribution >= 0.6 is 22.6 Å². The molecule has 0 aliphatic rings. The lowest BCUT2D eigenvalue weighted by Gasteiger charge is -2.02. The van der Waals surface area contributed by atoms with E-state index in [2.05, 4.69) is 27.6 Å². The van der Waals surface area contributed by atoms with Crippen LogP contribution in [0.2, 0.25) is 0 Å². The Balaban J connectivity index is 2.09. The van der Waals surface area contributed by atoms with Crippen LogP contribution in [-0.2, 0) is 0 Å². The summed E-state index contributed by atoms with van der Waals surface area (Å²) in [5.41, 5.74) is 2.29. The maximum Gasteiger partial charge on any atom is 0.195 e. The minimum absolute atomic E-state index is 0.0147. The van der Waals surface area contributed by atoms with E-state index in [1.807, 2.05) is 42.5 Å². The fourth-order valence-electron chi connectivity index (χ4n) is 2.17. The van der Waals surface area contributed by atoms with E-state index in [0.717, 1.165) is 20.2 Å². The van der Waals surface area contributed by atoms with Crippen molar-refractivity contribution in [2.24, 2.45) is 0 Å². The molecule has 0 atom stereocenters. The molecule has 4 heteroatoms. The Labute approximate surface area is 130 Å². The topological polar surface area (TPSA) is 42.1 Å². The van der Waals surface area contributed by atoms with Crippen molar-refractivity contribution in [3.63, 3.8) is 0 Å². The van der Waals surface area contributed by atoms with E-state index < -0.39 is 0 Å². The standard InChI is InChI=1S/C16H12INO2/c1-20-12-6-7-15-13(8-12)14(9-18-15)16(19)10-2-4-11(17)5-3-10/h2-9,18H,1H3. The molecule has 0 radical (unpaired) electrons. The number of rotatable bonds is 3. The quantitative estimate of drug-likeness (QED) is 0.554. The number of ketones is 1. The summed E-state index contributed by atoms with van der Waals surface area (Å²) in [4.78, 5) is 15.7. The maximum atomic E-state index is 12.6. The largest absolute Gasteiger partial charge is 0.497 e. The zero-order chi connectivity index (χ0) is 14.1. The minimum atomic E-state index is 0.0147. The number of ether oxygens (including phenoxy) is 1. The highest BCUT2D eigenvalue weighted by molar-refractivity contribution is 14.1. The Morgan fingerprint density at radius 3 is 2.60 bits per heavy atom. The SMILES string of the molecule is COc1ccc2[nH]cc(C(=O)c3ccc(I)cc3)c2c1. The number of hydrogen-bond donors (Lipinski definition) is 1. The summed E-state index contributed by atoms with van der Waals surface area (Å²) in [6.07, 6.45) is 1.75. The summed E-state index contributed by atoms with van der Waals surface area (Å²) in [5, 5.41) is 0.882. The van der Waals surface area contributed by atoms with Crippen LogP contribution in [0.3, 0.4) is 0 Å². The molecular formula is C16H12INO2. The first kappa shape index (κ1) is 13.2. The van der Waals surface area contributed by atoms with Gasteiger partial charge < -0.3 is 9.72 Å². The molecule has 0 saturated heterocycles. The van der Waals surface area contributed by atoms with Gasteiger partial charge in [0.15, 0.2) is 5.78 Å². The summed E-state index contributed by atoms with van der Waals surface area (Å²) in [6.45, 7) is 0. The number of benzene rings is 2. The van der Waals surface area contributed by atoms with Gasteiger partial charge in [-0.2, -0.15) is 0 Å². The second-order valence-electron chi connectivity index (χ2n) is 4.45. The second-order valence-corrected chi connectivity index (χ2v) is 5.70. The zero-order valence-electron chi connectivity index (χ0n) is 10.8. The van der Waals surface area contributed by atoms with Crippen molar-refractivity contribution in [2.75, 3.05) is 7.11 Å². The van der Waals surface area contributed by atoms with Gasteiger partial charge in [-0.05, 0) is 65.1 Å². The molecule has 1 heterocycles. The Morgan fingerprint density at radius 1 is 1.15 bits per heavy atom. The molecule has 0 fully saturated rings. The van der Waals surface area contributed by atoms with Gasteiger partial charge in [0, 0.05) is 31.8 Å². The number of H-pyrrole nitrogens is 1. The van der Waals surface area contributed by atoms with Crippen molar-refractivity contribution in [1.82, 2.24) is 4.98 Å². The Kier molecular flexibility index (Phi) is 3.48. The van der Waals surface area contributed by atoms with Crippen molar-refractivity contribution < 1.29 is 9.53 Å². The predicted molar refractivity (Wildman–Crippen MR) is 87.4 cm³/mol. The Hall–Kier alpha value is -1.82. The van der Waals surface area contributed by atoms with Gasteiger partial charge in [-0.3, -0.25) is 4.79 Å². The number of methoxy groups -OCH3 is 1. The fourth-order valence-corrected chi connectivity index (χ4v) is 2.53. The number of aromatic nitrogens is 1. The van der Waals surface area contributed by atoms with Crippen LogP contribution in [0.5, 0.6) is 5.75 Å². The van der Waals surface area contributed by atoms with Crippen LogP contribution in [0.25, 0.3) is 10.9 Å². The third kappa shape index (κ3) is 2.31. The lowest BCUT2D eigenvalue weighted by Crippen LogP contribution is -2.00. The summed E-state index contributed by atoms with van der Waals surface area (Å²) >= 11 is 2.22. The molecular weight excluding hydrogens is 365 g/mol. The average molecular weight is 377 g/mol. The lowest BCUT2D eigenvalue weighted by molar-refractivity contribution is 0.104. The molecule has 2 aromatic carbocycles. The Bertz CT molecular complexity index is 775. The van der Waals surface area contributed by atoms with E-state index in [-0.39, 0.29) is 5.78 Å². The van der Waals surface area contributed by atoms with Gasteiger partial charge in [0.25, 0.3) is 0 Å². The van der Waals surface area contributed by atoms with E-state index in [1.165, 1.54) is 0 Å². The third-order valence-electron chi connectivity index (χ3n) is 3.24. The molecule has 3 aromatic rings. The van der Waals surface area contributed by atoms with Crippen molar-refractivity contribution in [1.29, 1.82) is 0 Å². The molecule has 20 heavy (non-hydrogen) atoms. The van der Waals surface area contributed by atoms with Crippen molar-refractivity contribution in [3.05, 3.63) is 63.4 Å². The normalized spacial score (nSPS) is 10.7. The highest BCUT2D eigenvalue weighted by Gasteiger charge is 2.14. The number of fused-ring (bicyclic) bond motifs is 1. The molecule has 0 amide bonds. The summed E-state index contributed by atoms with van der Waals surface area (Å²) in [5.74, 6) is 0.759. The van der Waals surface area contributed by atoms with E-state index in [9.17, 15) is 4.79 Å². The molecule has 0 aliphatic heterocycles. The second kappa shape index (κ2) is 5.28. The molecule has 100 valence electrons. The lowest BCUT2D eigenvalue weighted by atomic mass is 10.0. The van der Waals surface area contributed by atoms with Crippen molar-refractivity contribution in [2.45, 2.75) is 0 Å². The first-order valence-corrected chi connectivity index (χ1v) is 7.22.